The van der Waals surface area contributed by atoms with E-state index in [1.54, 1.807) is 31.2 Å². The standard InChI is InChI=1S/C27H28ClN3O4/c1-26(2,3)18-7-9-19(10-8-18)27(4)24(33)31(25(34)30-27)16-23(32)29-15-21-13-14-22(35-21)17-5-11-20(28)12-6-17/h5-14H,15-16H2,1-4H3,(H,29,32)(H,30,34). The second kappa shape index (κ2) is 9.23. The van der Waals surface area contributed by atoms with Crippen molar-refractivity contribution in [3.05, 3.63) is 82.6 Å². The molecular weight excluding hydrogens is 466 g/mol. The summed E-state index contributed by atoms with van der Waals surface area (Å²) < 4.78 is 5.78. The van der Waals surface area contributed by atoms with E-state index >= 15 is 0 Å². The highest BCUT2D eigenvalue weighted by molar-refractivity contribution is 6.30. The first-order chi connectivity index (χ1) is 16.5. The zero-order valence-electron chi connectivity index (χ0n) is 20.1. The van der Waals surface area contributed by atoms with E-state index in [-0.39, 0.29) is 18.5 Å². The summed E-state index contributed by atoms with van der Waals surface area (Å²) in [5.74, 6) is 0.256. The lowest BCUT2D eigenvalue weighted by atomic mass is 9.84. The topological polar surface area (TPSA) is 91.7 Å². The van der Waals surface area contributed by atoms with E-state index in [9.17, 15) is 14.4 Å². The molecule has 1 unspecified atom stereocenters. The van der Waals surface area contributed by atoms with Gasteiger partial charge in [0.15, 0.2) is 0 Å². The van der Waals surface area contributed by atoms with Crippen molar-refractivity contribution >= 4 is 29.4 Å². The van der Waals surface area contributed by atoms with Crippen LogP contribution in [-0.2, 0) is 27.1 Å². The van der Waals surface area contributed by atoms with Crippen molar-refractivity contribution in [1.82, 2.24) is 15.5 Å². The number of rotatable bonds is 6. The highest BCUT2D eigenvalue weighted by Crippen LogP contribution is 2.31. The van der Waals surface area contributed by atoms with E-state index < -0.39 is 23.4 Å². The molecule has 0 saturated carbocycles. The number of benzene rings is 2. The number of urea groups is 1. The molecule has 4 rings (SSSR count). The van der Waals surface area contributed by atoms with Gasteiger partial charge >= 0.3 is 6.03 Å². The molecular formula is C27H28ClN3O4. The molecule has 1 aromatic heterocycles. The Labute approximate surface area is 209 Å². The van der Waals surface area contributed by atoms with Gasteiger partial charge in [0.2, 0.25) is 5.91 Å². The number of furan rings is 1. The summed E-state index contributed by atoms with van der Waals surface area (Å²) in [4.78, 5) is 39.2. The molecule has 4 amide bonds. The second-order valence-electron chi connectivity index (χ2n) is 9.82. The minimum Gasteiger partial charge on any atom is -0.459 e. The van der Waals surface area contributed by atoms with Crippen LogP contribution in [0.4, 0.5) is 4.79 Å². The first kappa shape index (κ1) is 24.5. The fraction of sp³-hybridized carbons (Fsp3) is 0.296. The molecule has 1 aliphatic heterocycles. The normalized spacial score (nSPS) is 18.0. The molecule has 2 N–H and O–H groups in total. The van der Waals surface area contributed by atoms with Crippen LogP contribution in [0.3, 0.4) is 0 Å². The molecule has 0 aliphatic carbocycles. The van der Waals surface area contributed by atoms with Gasteiger partial charge in [-0.1, -0.05) is 56.6 Å². The van der Waals surface area contributed by atoms with Gasteiger partial charge < -0.3 is 15.1 Å². The van der Waals surface area contributed by atoms with Gasteiger partial charge in [0, 0.05) is 10.6 Å². The first-order valence-electron chi connectivity index (χ1n) is 11.3. The van der Waals surface area contributed by atoms with Crippen LogP contribution in [0.25, 0.3) is 11.3 Å². The summed E-state index contributed by atoms with van der Waals surface area (Å²) in [6, 6.07) is 17.8. The number of nitrogens with zero attached hydrogens (tertiary/aromatic N) is 1. The molecule has 0 bridgehead atoms. The molecule has 2 heterocycles. The van der Waals surface area contributed by atoms with E-state index in [1.165, 1.54) is 0 Å². The summed E-state index contributed by atoms with van der Waals surface area (Å²) in [7, 11) is 0. The fourth-order valence-corrected chi connectivity index (χ4v) is 4.09. The Balaban J connectivity index is 1.38. The zero-order valence-corrected chi connectivity index (χ0v) is 20.9. The van der Waals surface area contributed by atoms with Crippen LogP contribution >= 0.6 is 11.6 Å². The van der Waals surface area contributed by atoms with E-state index in [4.69, 9.17) is 16.0 Å². The number of nitrogens with one attached hydrogen (secondary N) is 2. The van der Waals surface area contributed by atoms with Crippen LogP contribution in [0.2, 0.25) is 5.02 Å². The quantitative estimate of drug-likeness (QED) is 0.474. The van der Waals surface area contributed by atoms with Crippen molar-refractivity contribution in [1.29, 1.82) is 0 Å². The Morgan fingerprint density at radius 2 is 1.69 bits per heavy atom. The van der Waals surface area contributed by atoms with Crippen LogP contribution in [-0.4, -0.2) is 29.3 Å². The molecule has 1 atom stereocenters. The van der Waals surface area contributed by atoms with Gasteiger partial charge in [-0.05, 0) is 59.9 Å². The van der Waals surface area contributed by atoms with Crippen molar-refractivity contribution in [2.75, 3.05) is 6.54 Å². The molecule has 182 valence electrons. The summed E-state index contributed by atoms with van der Waals surface area (Å²) >= 11 is 5.92. The Morgan fingerprint density at radius 3 is 2.31 bits per heavy atom. The lowest BCUT2D eigenvalue weighted by molar-refractivity contribution is -0.134. The molecule has 8 heteroatoms. The van der Waals surface area contributed by atoms with Crippen molar-refractivity contribution < 1.29 is 18.8 Å². The van der Waals surface area contributed by atoms with Crippen LogP contribution < -0.4 is 10.6 Å². The summed E-state index contributed by atoms with van der Waals surface area (Å²) in [6.07, 6.45) is 0. The van der Waals surface area contributed by atoms with Crippen LogP contribution in [0.5, 0.6) is 0 Å². The molecule has 1 fully saturated rings. The number of halogens is 1. The van der Waals surface area contributed by atoms with E-state index in [2.05, 4.69) is 31.4 Å². The number of amides is 4. The van der Waals surface area contributed by atoms with Crippen molar-refractivity contribution in [3.8, 4) is 11.3 Å². The van der Waals surface area contributed by atoms with Gasteiger partial charge in [0.05, 0.1) is 6.54 Å². The van der Waals surface area contributed by atoms with E-state index in [0.717, 1.165) is 16.0 Å². The molecule has 7 nitrogen and oxygen atoms in total. The summed E-state index contributed by atoms with van der Waals surface area (Å²) in [5, 5.41) is 6.07. The summed E-state index contributed by atoms with van der Waals surface area (Å²) in [5.41, 5.74) is 1.38. The van der Waals surface area contributed by atoms with Gasteiger partial charge in [-0.3, -0.25) is 14.5 Å². The lowest BCUT2D eigenvalue weighted by Gasteiger charge is -2.24. The highest BCUT2D eigenvalue weighted by Gasteiger charge is 2.49. The Kier molecular flexibility index (Phi) is 6.47. The number of carbonyl (C=O) groups excluding carboxylic acids is 3. The minimum atomic E-state index is -1.23. The van der Waals surface area contributed by atoms with Crippen LogP contribution in [0.15, 0.2) is 65.1 Å². The van der Waals surface area contributed by atoms with Crippen LogP contribution in [0, 0.1) is 0 Å². The Morgan fingerprint density at radius 1 is 1.03 bits per heavy atom. The monoisotopic (exact) mass is 493 g/mol. The Hall–Kier alpha value is -3.58. The molecule has 1 saturated heterocycles. The van der Waals surface area contributed by atoms with Gasteiger partial charge in [-0.2, -0.15) is 0 Å². The number of imide groups is 1. The summed E-state index contributed by atoms with van der Waals surface area (Å²) in [6.45, 7) is 7.71. The van der Waals surface area contributed by atoms with Crippen molar-refractivity contribution in [2.45, 2.75) is 45.2 Å². The predicted molar refractivity (Wildman–Crippen MR) is 134 cm³/mol. The van der Waals surface area contributed by atoms with Crippen molar-refractivity contribution in [3.63, 3.8) is 0 Å². The minimum absolute atomic E-state index is 0.0317. The van der Waals surface area contributed by atoms with Crippen LogP contribution in [0.1, 0.15) is 44.6 Å². The first-order valence-corrected chi connectivity index (χ1v) is 11.7. The maximum atomic E-state index is 13.1. The maximum absolute atomic E-state index is 13.1. The third-order valence-electron chi connectivity index (χ3n) is 6.16. The largest absolute Gasteiger partial charge is 0.459 e. The van der Waals surface area contributed by atoms with Gasteiger partial charge in [0.1, 0.15) is 23.6 Å². The SMILES string of the molecule is CC(C)(C)c1ccc(C2(C)NC(=O)N(CC(=O)NCc3ccc(-c4ccc(Cl)cc4)o3)C2=O)cc1. The maximum Gasteiger partial charge on any atom is 0.325 e. The smallest absolute Gasteiger partial charge is 0.325 e. The van der Waals surface area contributed by atoms with Crippen molar-refractivity contribution in [2.24, 2.45) is 0 Å². The van der Waals surface area contributed by atoms with Gasteiger partial charge in [0.25, 0.3) is 5.91 Å². The molecule has 0 spiro atoms. The predicted octanol–water partition coefficient (Wildman–Crippen LogP) is 4.98. The van der Waals surface area contributed by atoms with E-state index in [1.807, 2.05) is 36.4 Å². The number of carbonyl (C=O) groups is 3. The molecule has 1 aliphatic rings. The molecule has 3 aromatic rings. The third kappa shape index (κ3) is 5.10. The average Bonchev–Trinajstić information content (AvgIpc) is 3.37. The second-order valence-corrected chi connectivity index (χ2v) is 10.3. The van der Waals surface area contributed by atoms with Gasteiger partial charge in [-0.15, -0.1) is 0 Å². The number of hydrogen-bond acceptors (Lipinski definition) is 4. The Bertz CT molecular complexity index is 1260. The molecule has 2 aromatic carbocycles. The zero-order chi connectivity index (χ0) is 25.4. The highest BCUT2D eigenvalue weighted by atomic mass is 35.5. The fourth-order valence-electron chi connectivity index (χ4n) is 3.97. The molecule has 0 radical (unpaired) electrons. The van der Waals surface area contributed by atoms with Gasteiger partial charge in [-0.25, -0.2) is 4.79 Å². The third-order valence-corrected chi connectivity index (χ3v) is 6.41. The number of hydrogen-bond donors (Lipinski definition) is 2. The molecule has 35 heavy (non-hydrogen) atoms. The lowest BCUT2D eigenvalue weighted by Crippen LogP contribution is -2.43. The average molecular weight is 494 g/mol. The van der Waals surface area contributed by atoms with E-state index in [0.29, 0.717) is 22.1 Å².